The largest absolute Gasteiger partial charge is 0.326 e. The van der Waals surface area contributed by atoms with Crippen molar-refractivity contribution in [3.05, 3.63) is 48.5 Å². The molecule has 2 rings (SSSR count). The molecule has 0 aliphatic rings. The highest BCUT2D eigenvalue weighted by atomic mass is 16.2. The van der Waals surface area contributed by atoms with Crippen LogP contribution in [0.1, 0.15) is 41.5 Å². The zero-order valence-corrected chi connectivity index (χ0v) is 17.3. The van der Waals surface area contributed by atoms with E-state index in [2.05, 4.69) is 20.9 Å². The average molecular weight is 380 g/mol. The molecule has 0 saturated carbocycles. The number of azo groups is 1. The van der Waals surface area contributed by atoms with E-state index in [4.69, 9.17) is 0 Å². The van der Waals surface area contributed by atoms with Gasteiger partial charge in [-0.1, -0.05) is 41.5 Å². The van der Waals surface area contributed by atoms with Crippen LogP contribution in [-0.4, -0.2) is 11.8 Å². The molecule has 0 fully saturated rings. The minimum atomic E-state index is -0.448. The van der Waals surface area contributed by atoms with Crippen molar-refractivity contribution in [3.8, 4) is 0 Å². The van der Waals surface area contributed by atoms with Gasteiger partial charge in [0.25, 0.3) is 0 Å². The van der Waals surface area contributed by atoms with Gasteiger partial charge in [0.15, 0.2) is 0 Å². The second kappa shape index (κ2) is 8.33. The lowest BCUT2D eigenvalue weighted by Gasteiger charge is -2.17. The smallest absolute Gasteiger partial charge is 0.229 e. The molecule has 2 N–H and O–H groups in total. The number of nitrogens with zero attached hydrogens (tertiary/aromatic N) is 2. The highest BCUT2D eigenvalue weighted by molar-refractivity contribution is 5.95. The molecule has 0 aromatic heterocycles. The molecule has 0 bridgehead atoms. The van der Waals surface area contributed by atoms with E-state index in [1.165, 1.54) is 0 Å². The summed E-state index contributed by atoms with van der Waals surface area (Å²) in [6.07, 6.45) is 0. The number of benzene rings is 2. The second-order valence-corrected chi connectivity index (χ2v) is 8.70. The van der Waals surface area contributed by atoms with E-state index >= 15 is 0 Å². The van der Waals surface area contributed by atoms with Crippen LogP contribution in [0.4, 0.5) is 22.7 Å². The minimum Gasteiger partial charge on any atom is -0.326 e. The highest BCUT2D eigenvalue weighted by Gasteiger charge is 2.21. The number of anilines is 2. The third kappa shape index (κ3) is 6.30. The van der Waals surface area contributed by atoms with Crippen molar-refractivity contribution in [1.82, 2.24) is 0 Å². The Morgan fingerprint density at radius 2 is 0.893 bits per heavy atom. The Balaban J connectivity index is 1.98. The SMILES string of the molecule is CC(C)(C)C(=O)Nc1ccc(N=Nc2ccc(NC(=O)C(C)(C)C)cc2)cc1. The molecular formula is C22H28N4O2. The molecule has 6 nitrogen and oxygen atoms in total. The molecule has 6 heteroatoms. The molecule has 148 valence electrons. The third-order valence-corrected chi connectivity index (χ3v) is 3.89. The van der Waals surface area contributed by atoms with Crippen LogP contribution in [0.3, 0.4) is 0 Å². The zero-order valence-electron chi connectivity index (χ0n) is 17.3. The maximum Gasteiger partial charge on any atom is 0.229 e. The molecule has 28 heavy (non-hydrogen) atoms. The van der Waals surface area contributed by atoms with E-state index in [0.717, 1.165) is 11.4 Å². The van der Waals surface area contributed by atoms with Gasteiger partial charge < -0.3 is 10.6 Å². The summed E-state index contributed by atoms with van der Waals surface area (Å²) in [7, 11) is 0. The minimum absolute atomic E-state index is 0.0412. The lowest BCUT2D eigenvalue weighted by atomic mass is 9.95. The van der Waals surface area contributed by atoms with Crippen LogP contribution in [0.15, 0.2) is 58.8 Å². The van der Waals surface area contributed by atoms with Crippen LogP contribution >= 0.6 is 0 Å². The van der Waals surface area contributed by atoms with Crippen molar-refractivity contribution in [2.45, 2.75) is 41.5 Å². The first-order valence-corrected chi connectivity index (χ1v) is 9.20. The van der Waals surface area contributed by atoms with Crippen LogP contribution in [-0.2, 0) is 9.59 Å². The fourth-order valence-corrected chi connectivity index (χ4v) is 1.98. The van der Waals surface area contributed by atoms with Crippen molar-refractivity contribution in [2.24, 2.45) is 21.1 Å². The number of rotatable bonds is 4. The van der Waals surface area contributed by atoms with Crippen molar-refractivity contribution in [1.29, 1.82) is 0 Å². The predicted octanol–water partition coefficient (Wildman–Crippen LogP) is 6.07. The van der Waals surface area contributed by atoms with E-state index in [-0.39, 0.29) is 11.8 Å². The number of hydrogen-bond donors (Lipinski definition) is 2. The Hall–Kier alpha value is -3.02. The lowest BCUT2D eigenvalue weighted by Crippen LogP contribution is -2.27. The molecule has 0 aliphatic carbocycles. The highest BCUT2D eigenvalue weighted by Crippen LogP contribution is 2.24. The van der Waals surface area contributed by atoms with Gasteiger partial charge in [0.05, 0.1) is 11.4 Å². The monoisotopic (exact) mass is 380 g/mol. The quantitative estimate of drug-likeness (QED) is 0.631. The number of amides is 2. The molecular weight excluding hydrogens is 352 g/mol. The van der Waals surface area contributed by atoms with Gasteiger partial charge in [-0.25, -0.2) is 0 Å². The summed E-state index contributed by atoms with van der Waals surface area (Å²) in [6.45, 7) is 11.2. The van der Waals surface area contributed by atoms with Crippen molar-refractivity contribution in [2.75, 3.05) is 10.6 Å². The van der Waals surface area contributed by atoms with Gasteiger partial charge in [-0.15, -0.1) is 0 Å². The first kappa shape index (κ1) is 21.3. The Bertz CT molecular complexity index is 782. The van der Waals surface area contributed by atoms with Gasteiger partial charge in [0.2, 0.25) is 11.8 Å². The first-order valence-electron chi connectivity index (χ1n) is 9.20. The van der Waals surface area contributed by atoms with Crippen LogP contribution in [0.25, 0.3) is 0 Å². The summed E-state index contributed by atoms with van der Waals surface area (Å²) < 4.78 is 0. The summed E-state index contributed by atoms with van der Waals surface area (Å²) in [4.78, 5) is 24.0. The van der Waals surface area contributed by atoms with Crippen molar-refractivity contribution >= 4 is 34.6 Å². The Kier molecular flexibility index (Phi) is 6.33. The summed E-state index contributed by atoms with van der Waals surface area (Å²) in [5.41, 5.74) is 1.90. The molecule has 0 atom stereocenters. The lowest BCUT2D eigenvalue weighted by molar-refractivity contribution is -0.123. The molecule has 0 unspecified atom stereocenters. The van der Waals surface area contributed by atoms with Gasteiger partial charge >= 0.3 is 0 Å². The molecule has 2 aromatic carbocycles. The van der Waals surface area contributed by atoms with Gasteiger partial charge in [-0.3, -0.25) is 9.59 Å². The predicted molar refractivity (Wildman–Crippen MR) is 113 cm³/mol. The Morgan fingerprint density at radius 1 is 0.607 bits per heavy atom. The van der Waals surface area contributed by atoms with Gasteiger partial charge in [-0.05, 0) is 48.5 Å². The fraction of sp³-hybridized carbons (Fsp3) is 0.364. The number of carbonyl (C=O) groups excluding carboxylic acids is 2. The van der Waals surface area contributed by atoms with E-state index in [9.17, 15) is 9.59 Å². The molecule has 0 heterocycles. The molecule has 0 aliphatic heterocycles. The fourth-order valence-electron chi connectivity index (χ4n) is 1.98. The normalized spacial score (nSPS) is 12.1. The topological polar surface area (TPSA) is 82.9 Å². The molecule has 0 spiro atoms. The third-order valence-electron chi connectivity index (χ3n) is 3.89. The number of nitrogens with one attached hydrogen (secondary N) is 2. The van der Waals surface area contributed by atoms with E-state index in [1.807, 2.05) is 41.5 Å². The zero-order chi connectivity index (χ0) is 20.9. The number of hydrogen-bond acceptors (Lipinski definition) is 4. The first-order chi connectivity index (χ1) is 12.9. The Morgan fingerprint density at radius 3 is 1.14 bits per heavy atom. The van der Waals surface area contributed by atoms with Crippen molar-refractivity contribution in [3.63, 3.8) is 0 Å². The summed E-state index contributed by atoms with van der Waals surface area (Å²) in [5.74, 6) is -0.0824. The van der Waals surface area contributed by atoms with Gasteiger partial charge in [0.1, 0.15) is 0 Å². The van der Waals surface area contributed by atoms with E-state index in [0.29, 0.717) is 11.4 Å². The summed E-state index contributed by atoms with van der Waals surface area (Å²) in [5, 5.41) is 14.1. The number of carbonyl (C=O) groups is 2. The van der Waals surface area contributed by atoms with Gasteiger partial charge in [0, 0.05) is 22.2 Å². The maximum absolute atomic E-state index is 12.0. The molecule has 2 aromatic rings. The van der Waals surface area contributed by atoms with Crippen LogP contribution in [0.2, 0.25) is 0 Å². The maximum atomic E-state index is 12.0. The van der Waals surface area contributed by atoms with Gasteiger partial charge in [-0.2, -0.15) is 10.2 Å². The molecule has 0 radical (unpaired) electrons. The molecule has 0 saturated heterocycles. The van der Waals surface area contributed by atoms with E-state index in [1.54, 1.807) is 48.5 Å². The Labute approximate surface area is 166 Å². The van der Waals surface area contributed by atoms with Crippen LogP contribution < -0.4 is 10.6 Å². The molecule has 2 amide bonds. The van der Waals surface area contributed by atoms with Crippen molar-refractivity contribution < 1.29 is 9.59 Å². The second-order valence-electron chi connectivity index (χ2n) is 8.70. The standard InChI is InChI=1S/C22H28N4O2/c1-21(2,3)19(27)23-15-7-11-17(12-8-15)25-26-18-13-9-16(10-14-18)24-20(28)22(4,5)6/h7-14H,1-6H3,(H,23,27)(H,24,28). The van der Waals surface area contributed by atoms with Crippen LogP contribution in [0, 0.1) is 10.8 Å². The van der Waals surface area contributed by atoms with Crippen LogP contribution in [0.5, 0.6) is 0 Å². The van der Waals surface area contributed by atoms with E-state index < -0.39 is 10.8 Å². The summed E-state index contributed by atoms with van der Waals surface area (Å²) in [6, 6.07) is 14.3. The average Bonchev–Trinajstić information content (AvgIpc) is 2.60. The summed E-state index contributed by atoms with van der Waals surface area (Å²) >= 11 is 0.